The van der Waals surface area contributed by atoms with Gasteiger partial charge in [-0.05, 0) is 54.3 Å². The van der Waals surface area contributed by atoms with Crippen LogP contribution in [-0.4, -0.2) is 20.0 Å². The van der Waals surface area contributed by atoms with Crippen molar-refractivity contribution in [2.75, 3.05) is 0 Å². The molecule has 3 aromatic carbocycles. The Hall–Kier alpha value is -4.25. The van der Waals surface area contributed by atoms with Gasteiger partial charge in [-0.15, -0.1) is 5.10 Å². The minimum atomic E-state index is 0.815. The highest BCUT2D eigenvalue weighted by molar-refractivity contribution is 5.70. The molecule has 0 N–H and O–H groups in total. The molecular weight excluding hydrogens is 408 g/mol. The Kier molecular flexibility index (Phi) is 6.20. The maximum atomic E-state index is 6.21. The van der Waals surface area contributed by atoms with Crippen molar-refractivity contribution in [3.05, 3.63) is 115 Å². The topological polar surface area (TPSA) is 52.8 Å². The molecule has 5 aromatic rings. The molecular formula is C28H24N4O. The van der Waals surface area contributed by atoms with E-state index in [2.05, 4.69) is 45.6 Å². The van der Waals surface area contributed by atoms with Gasteiger partial charge in [0.15, 0.2) is 0 Å². The summed E-state index contributed by atoms with van der Waals surface area (Å²) in [5.41, 5.74) is 5.32. The zero-order chi connectivity index (χ0) is 22.3. The van der Waals surface area contributed by atoms with E-state index in [1.165, 1.54) is 5.56 Å². The monoisotopic (exact) mass is 432 g/mol. The lowest BCUT2D eigenvalue weighted by Gasteiger charge is -2.12. The minimum Gasteiger partial charge on any atom is -0.457 e. The SMILES string of the molecule is c1ccc(-c2ccccc2Oc2ccc(CCCn3cc(-c4cccnc4)nn3)cc2)cc1. The van der Waals surface area contributed by atoms with Gasteiger partial charge in [0.1, 0.15) is 17.2 Å². The molecule has 0 aliphatic rings. The van der Waals surface area contributed by atoms with Crippen molar-refractivity contribution >= 4 is 0 Å². The van der Waals surface area contributed by atoms with Gasteiger partial charge in [0.05, 0.1) is 6.20 Å². The molecule has 0 saturated heterocycles. The fourth-order valence-electron chi connectivity index (χ4n) is 3.76. The summed E-state index contributed by atoms with van der Waals surface area (Å²) in [6.45, 7) is 0.815. The number of hydrogen-bond acceptors (Lipinski definition) is 4. The van der Waals surface area contributed by atoms with Crippen LogP contribution in [0.3, 0.4) is 0 Å². The molecule has 5 nitrogen and oxygen atoms in total. The highest BCUT2D eigenvalue weighted by Gasteiger charge is 2.07. The predicted molar refractivity (Wildman–Crippen MR) is 130 cm³/mol. The van der Waals surface area contributed by atoms with Gasteiger partial charge < -0.3 is 4.74 Å². The second-order valence-electron chi connectivity index (χ2n) is 7.82. The van der Waals surface area contributed by atoms with Crippen LogP contribution in [0.5, 0.6) is 11.5 Å². The van der Waals surface area contributed by atoms with Crippen LogP contribution in [0.25, 0.3) is 22.4 Å². The lowest BCUT2D eigenvalue weighted by molar-refractivity contribution is 0.484. The van der Waals surface area contributed by atoms with Crippen LogP contribution >= 0.6 is 0 Å². The molecule has 2 aromatic heterocycles. The molecule has 5 rings (SSSR count). The summed E-state index contributed by atoms with van der Waals surface area (Å²) in [4.78, 5) is 4.14. The Morgan fingerprint density at radius 3 is 2.36 bits per heavy atom. The van der Waals surface area contributed by atoms with Crippen molar-refractivity contribution in [3.8, 4) is 33.9 Å². The average Bonchev–Trinajstić information content (AvgIpc) is 3.36. The second kappa shape index (κ2) is 9.92. The normalized spacial score (nSPS) is 10.8. The molecule has 0 aliphatic carbocycles. The number of nitrogens with zero attached hydrogens (tertiary/aromatic N) is 4. The average molecular weight is 433 g/mol. The quantitative estimate of drug-likeness (QED) is 0.283. The molecule has 0 fully saturated rings. The Bertz CT molecular complexity index is 1300. The first-order valence-electron chi connectivity index (χ1n) is 11.1. The Balaban J connectivity index is 1.18. The molecule has 0 aliphatic heterocycles. The molecule has 0 spiro atoms. The second-order valence-corrected chi connectivity index (χ2v) is 7.82. The molecule has 162 valence electrons. The highest BCUT2D eigenvalue weighted by atomic mass is 16.5. The lowest BCUT2D eigenvalue weighted by atomic mass is 10.0. The van der Waals surface area contributed by atoms with Crippen molar-refractivity contribution in [1.82, 2.24) is 20.0 Å². The maximum Gasteiger partial charge on any atom is 0.135 e. The maximum absolute atomic E-state index is 6.21. The fraction of sp³-hybridized carbons (Fsp3) is 0.107. The van der Waals surface area contributed by atoms with Crippen molar-refractivity contribution in [2.24, 2.45) is 0 Å². The van der Waals surface area contributed by atoms with Crippen LogP contribution in [-0.2, 0) is 13.0 Å². The molecule has 0 radical (unpaired) electrons. The van der Waals surface area contributed by atoms with Gasteiger partial charge in [0.2, 0.25) is 0 Å². The number of aryl methyl sites for hydroxylation is 2. The van der Waals surface area contributed by atoms with E-state index >= 15 is 0 Å². The Morgan fingerprint density at radius 1 is 0.758 bits per heavy atom. The molecule has 5 heteroatoms. The zero-order valence-electron chi connectivity index (χ0n) is 18.2. The third-order valence-corrected chi connectivity index (χ3v) is 5.47. The smallest absolute Gasteiger partial charge is 0.135 e. The van der Waals surface area contributed by atoms with Crippen LogP contribution in [0.15, 0.2) is 110 Å². The predicted octanol–water partition coefficient (Wildman–Crippen LogP) is 6.43. The van der Waals surface area contributed by atoms with Gasteiger partial charge in [-0.3, -0.25) is 9.67 Å². The van der Waals surface area contributed by atoms with E-state index in [1.54, 1.807) is 12.4 Å². The number of ether oxygens (including phenoxy) is 1. The standard InChI is InChI=1S/C28H24N4O/c1-2-9-23(10-3-1)26-12-4-5-13-28(26)33-25-16-14-22(15-17-25)8-7-19-32-21-27(30-31-32)24-11-6-18-29-20-24/h1-6,9-18,20-21H,7-8,19H2. The van der Waals surface area contributed by atoms with Gasteiger partial charge in [0, 0.05) is 30.1 Å². The van der Waals surface area contributed by atoms with E-state index < -0.39 is 0 Å². The first-order chi connectivity index (χ1) is 16.3. The third kappa shape index (κ3) is 5.15. The van der Waals surface area contributed by atoms with E-state index in [1.807, 2.05) is 71.5 Å². The summed E-state index contributed by atoms with van der Waals surface area (Å²) in [6.07, 6.45) is 7.47. The van der Waals surface area contributed by atoms with E-state index in [-0.39, 0.29) is 0 Å². The summed E-state index contributed by atoms with van der Waals surface area (Å²) in [5.74, 6) is 1.69. The van der Waals surface area contributed by atoms with Gasteiger partial charge in [0.25, 0.3) is 0 Å². The Labute approximate surface area is 193 Å². The number of rotatable bonds is 8. The first kappa shape index (κ1) is 20.6. The zero-order valence-corrected chi connectivity index (χ0v) is 18.2. The summed E-state index contributed by atoms with van der Waals surface area (Å²) >= 11 is 0. The van der Waals surface area contributed by atoms with Crippen LogP contribution in [0.1, 0.15) is 12.0 Å². The Morgan fingerprint density at radius 2 is 1.55 bits per heavy atom. The summed E-state index contributed by atoms with van der Waals surface area (Å²) < 4.78 is 8.10. The number of pyridine rings is 1. The van der Waals surface area contributed by atoms with Crippen LogP contribution in [0.4, 0.5) is 0 Å². The molecule has 2 heterocycles. The van der Waals surface area contributed by atoms with Crippen molar-refractivity contribution in [2.45, 2.75) is 19.4 Å². The number of para-hydroxylation sites is 1. The van der Waals surface area contributed by atoms with E-state index in [9.17, 15) is 0 Å². The minimum absolute atomic E-state index is 0.815. The molecule has 0 atom stereocenters. The fourth-order valence-corrected chi connectivity index (χ4v) is 3.76. The van der Waals surface area contributed by atoms with Crippen molar-refractivity contribution in [1.29, 1.82) is 0 Å². The summed E-state index contributed by atoms with van der Waals surface area (Å²) in [6, 6.07) is 30.6. The molecule has 33 heavy (non-hydrogen) atoms. The van der Waals surface area contributed by atoms with Gasteiger partial charge in [-0.25, -0.2) is 0 Å². The van der Waals surface area contributed by atoms with E-state index in [0.29, 0.717) is 0 Å². The van der Waals surface area contributed by atoms with Crippen LogP contribution in [0, 0.1) is 0 Å². The largest absolute Gasteiger partial charge is 0.457 e. The van der Waals surface area contributed by atoms with Gasteiger partial charge in [-0.2, -0.15) is 0 Å². The van der Waals surface area contributed by atoms with Crippen LogP contribution < -0.4 is 4.74 Å². The molecule has 0 amide bonds. The third-order valence-electron chi connectivity index (χ3n) is 5.47. The van der Waals surface area contributed by atoms with Crippen molar-refractivity contribution < 1.29 is 4.74 Å². The molecule has 0 unspecified atom stereocenters. The molecule has 0 bridgehead atoms. The highest BCUT2D eigenvalue weighted by Crippen LogP contribution is 2.33. The van der Waals surface area contributed by atoms with E-state index in [4.69, 9.17) is 4.74 Å². The number of aromatic nitrogens is 4. The first-order valence-corrected chi connectivity index (χ1v) is 11.1. The van der Waals surface area contributed by atoms with E-state index in [0.717, 1.165) is 53.3 Å². The number of benzene rings is 3. The van der Waals surface area contributed by atoms with Crippen LogP contribution in [0.2, 0.25) is 0 Å². The summed E-state index contributed by atoms with van der Waals surface area (Å²) in [7, 11) is 0. The van der Waals surface area contributed by atoms with Crippen molar-refractivity contribution in [3.63, 3.8) is 0 Å². The van der Waals surface area contributed by atoms with Gasteiger partial charge >= 0.3 is 0 Å². The number of hydrogen-bond donors (Lipinski definition) is 0. The molecule has 0 saturated carbocycles. The lowest BCUT2D eigenvalue weighted by Crippen LogP contribution is -2.00. The summed E-state index contributed by atoms with van der Waals surface area (Å²) in [5, 5.41) is 8.49. The van der Waals surface area contributed by atoms with Gasteiger partial charge in [-0.1, -0.05) is 65.9 Å².